The van der Waals surface area contributed by atoms with E-state index in [1.807, 2.05) is 0 Å². The lowest BCUT2D eigenvalue weighted by Crippen LogP contribution is -2.28. The van der Waals surface area contributed by atoms with Gasteiger partial charge in [-0.3, -0.25) is 5.32 Å². The minimum atomic E-state index is -0.189. The van der Waals surface area contributed by atoms with Gasteiger partial charge in [-0.05, 0) is 50.7 Å². The van der Waals surface area contributed by atoms with Gasteiger partial charge in [0, 0.05) is 11.4 Å². The number of carbonyl (C=O) groups is 1. The van der Waals surface area contributed by atoms with Crippen molar-refractivity contribution in [1.82, 2.24) is 10.3 Å². The zero-order valence-corrected chi connectivity index (χ0v) is 13.8. The van der Waals surface area contributed by atoms with Crippen LogP contribution >= 0.6 is 11.3 Å². The highest BCUT2D eigenvalue weighted by Gasteiger charge is 2.16. The van der Waals surface area contributed by atoms with Gasteiger partial charge in [-0.2, -0.15) is 0 Å². The highest BCUT2D eigenvalue weighted by atomic mass is 32.1. The smallest absolute Gasteiger partial charge is 0.321 e. The van der Waals surface area contributed by atoms with Crippen molar-refractivity contribution in [3.63, 3.8) is 0 Å². The number of rotatable bonds is 3. The summed E-state index contributed by atoms with van der Waals surface area (Å²) in [6.07, 6.45) is 4.57. The van der Waals surface area contributed by atoms with Gasteiger partial charge in [0.2, 0.25) is 0 Å². The first kappa shape index (κ1) is 15.0. The quantitative estimate of drug-likeness (QED) is 0.900. The molecule has 3 rings (SSSR count). The summed E-state index contributed by atoms with van der Waals surface area (Å²) >= 11 is 1.61. The molecule has 1 aliphatic carbocycles. The average molecular weight is 315 g/mol. The molecule has 4 nitrogen and oxygen atoms in total. The van der Waals surface area contributed by atoms with E-state index in [4.69, 9.17) is 0 Å². The van der Waals surface area contributed by atoms with Crippen molar-refractivity contribution in [1.29, 1.82) is 0 Å². The Bertz CT molecular complexity index is 670. The molecule has 0 radical (unpaired) electrons. The van der Waals surface area contributed by atoms with Gasteiger partial charge in [0.05, 0.1) is 5.69 Å². The molecule has 0 unspecified atom stereocenters. The summed E-state index contributed by atoms with van der Waals surface area (Å²) in [5.41, 5.74) is 4.74. The van der Waals surface area contributed by atoms with Gasteiger partial charge < -0.3 is 5.32 Å². The van der Waals surface area contributed by atoms with E-state index in [1.54, 1.807) is 11.3 Å². The van der Waals surface area contributed by atoms with Gasteiger partial charge in [0.1, 0.15) is 0 Å². The number of aryl methyl sites for hydroxylation is 4. The van der Waals surface area contributed by atoms with Crippen LogP contribution in [0, 0.1) is 13.8 Å². The number of benzene rings is 1. The maximum Gasteiger partial charge on any atom is 0.321 e. The zero-order chi connectivity index (χ0) is 15.5. The predicted octanol–water partition coefficient (Wildman–Crippen LogP) is 3.96. The summed E-state index contributed by atoms with van der Waals surface area (Å²) in [6, 6.07) is 6.07. The van der Waals surface area contributed by atoms with Gasteiger partial charge in [0.25, 0.3) is 0 Å². The number of carbonyl (C=O) groups excluding carboxylic acids is 1. The van der Waals surface area contributed by atoms with E-state index in [9.17, 15) is 4.79 Å². The molecule has 116 valence electrons. The molecule has 1 aliphatic rings. The molecule has 1 aromatic heterocycles. The molecule has 0 saturated carbocycles. The van der Waals surface area contributed by atoms with Crippen molar-refractivity contribution in [3.8, 4) is 0 Å². The first-order chi connectivity index (χ1) is 10.6. The molecule has 5 heteroatoms. The maximum absolute atomic E-state index is 12.0. The summed E-state index contributed by atoms with van der Waals surface area (Å²) in [6.45, 7) is 4.67. The minimum absolute atomic E-state index is 0.189. The number of anilines is 1. The molecule has 2 aromatic rings. The van der Waals surface area contributed by atoms with Gasteiger partial charge >= 0.3 is 6.03 Å². The Balaban J connectivity index is 1.57. The third-order valence-corrected chi connectivity index (χ3v) is 5.08. The van der Waals surface area contributed by atoms with E-state index in [0.29, 0.717) is 11.7 Å². The molecule has 0 bridgehead atoms. The molecule has 2 N–H and O–H groups in total. The lowest BCUT2D eigenvalue weighted by Gasteiger charge is -2.08. The molecule has 0 aliphatic heterocycles. The van der Waals surface area contributed by atoms with Gasteiger partial charge in [-0.25, -0.2) is 9.78 Å². The number of hydrogen-bond donors (Lipinski definition) is 2. The highest BCUT2D eigenvalue weighted by Crippen LogP contribution is 2.29. The first-order valence-corrected chi connectivity index (χ1v) is 8.53. The molecule has 0 atom stereocenters. The van der Waals surface area contributed by atoms with Crippen molar-refractivity contribution in [2.24, 2.45) is 0 Å². The summed E-state index contributed by atoms with van der Waals surface area (Å²) < 4.78 is 0. The fourth-order valence-corrected chi connectivity index (χ4v) is 3.81. The van der Waals surface area contributed by atoms with Crippen molar-refractivity contribution >= 4 is 22.5 Å². The number of aromatic nitrogens is 1. The van der Waals surface area contributed by atoms with Crippen molar-refractivity contribution in [2.75, 3.05) is 5.32 Å². The largest absolute Gasteiger partial charge is 0.334 e. The number of hydrogen-bond acceptors (Lipinski definition) is 3. The third kappa shape index (κ3) is 3.47. The fourth-order valence-electron chi connectivity index (χ4n) is 2.77. The summed E-state index contributed by atoms with van der Waals surface area (Å²) in [5.74, 6) is 0. The Morgan fingerprint density at radius 3 is 2.86 bits per heavy atom. The minimum Gasteiger partial charge on any atom is -0.334 e. The zero-order valence-electron chi connectivity index (χ0n) is 13.0. The summed E-state index contributed by atoms with van der Waals surface area (Å²) in [5, 5.41) is 6.48. The van der Waals surface area contributed by atoms with E-state index in [-0.39, 0.29) is 6.03 Å². The Hall–Kier alpha value is -1.88. The summed E-state index contributed by atoms with van der Waals surface area (Å²) in [4.78, 5) is 17.9. The van der Waals surface area contributed by atoms with Crippen LogP contribution in [-0.2, 0) is 19.4 Å². The fraction of sp³-hybridized carbons (Fsp3) is 0.412. The number of thiazole rings is 1. The Morgan fingerprint density at radius 1 is 1.27 bits per heavy atom. The van der Waals surface area contributed by atoms with Gasteiger partial charge in [-0.1, -0.05) is 23.8 Å². The van der Waals surface area contributed by atoms with Crippen molar-refractivity contribution in [3.05, 3.63) is 45.5 Å². The van der Waals surface area contributed by atoms with Crippen LogP contribution in [0.2, 0.25) is 0 Å². The molecular weight excluding hydrogens is 294 g/mol. The second-order valence-electron chi connectivity index (χ2n) is 5.83. The first-order valence-electron chi connectivity index (χ1n) is 7.71. The van der Waals surface area contributed by atoms with Crippen LogP contribution in [0.25, 0.3) is 0 Å². The molecule has 1 aromatic carbocycles. The van der Waals surface area contributed by atoms with E-state index in [0.717, 1.165) is 18.4 Å². The van der Waals surface area contributed by atoms with Crippen LogP contribution in [-0.4, -0.2) is 11.0 Å². The van der Waals surface area contributed by atoms with Crippen molar-refractivity contribution in [2.45, 2.75) is 46.1 Å². The summed E-state index contributed by atoms with van der Waals surface area (Å²) in [7, 11) is 0. The third-order valence-electron chi connectivity index (χ3n) is 4.00. The van der Waals surface area contributed by atoms with Crippen LogP contribution in [0.5, 0.6) is 0 Å². The second kappa shape index (κ2) is 6.48. The predicted molar refractivity (Wildman–Crippen MR) is 90.5 cm³/mol. The monoisotopic (exact) mass is 315 g/mol. The topological polar surface area (TPSA) is 54.0 Å². The van der Waals surface area contributed by atoms with E-state index in [1.165, 1.54) is 34.5 Å². The second-order valence-corrected chi connectivity index (χ2v) is 6.92. The van der Waals surface area contributed by atoms with Crippen LogP contribution in [0.4, 0.5) is 9.93 Å². The number of fused-ring (bicyclic) bond motifs is 1. The Morgan fingerprint density at radius 2 is 2.09 bits per heavy atom. The van der Waals surface area contributed by atoms with E-state index in [2.05, 4.69) is 47.7 Å². The molecule has 0 saturated heterocycles. The number of urea groups is 1. The van der Waals surface area contributed by atoms with Crippen molar-refractivity contribution < 1.29 is 4.79 Å². The molecule has 2 amide bonds. The SMILES string of the molecule is Cc1ccc(CNC(=O)Nc2nc3c(s2)CCCC3)c(C)c1. The maximum atomic E-state index is 12.0. The van der Waals surface area contributed by atoms with E-state index >= 15 is 0 Å². The van der Waals surface area contributed by atoms with Crippen LogP contribution in [0.15, 0.2) is 18.2 Å². The lowest BCUT2D eigenvalue weighted by molar-refractivity contribution is 0.251. The van der Waals surface area contributed by atoms with Gasteiger partial charge in [-0.15, -0.1) is 11.3 Å². The normalized spacial score (nSPS) is 13.5. The average Bonchev–Trinajstić information content (AvgIpc) is 2.88. The number of nitrogens with one attached hydrogen (secondary N) is 2. The Kier molecular flexibility index (Phi) is 4.43. The Labute approximate surface area is 135 Å². The molecular formula is C17H21N3OS. The standard InChI is InChI=1S/C17H21N3OS/c1-11-7-8-13(12(2)9-11)10-18-16(21)20-17-19-14-5-3-4-6-15(14)22-17/h7-9H,3-6,10H2,1-2H3,(H2,18,19,20,21). The van der Waals surface area contributed by atoms with Crippen LogP contribution in [0.1, 0.15) is 40.1 Å². The van der Waals surface area contributed by atoms with Gasteiger partial charge in [0.15, 0.2) is 5.13 Å². The van der Waals surface area contributed by atoms with Crippen LogP contribution in [0.3, 0.4) is 0 Å². The van der Waals surface area contributed by atoms with Crippen LogP contribution < -0.4 is 10.6 Å². The lowest BCUT2D eigenvalue weighted by atomic mass is 10.0. The highest BCUT2D eigenvalue weighted by molar-refractivity contribution is 7.15. The van der Waals surface area contributed by atoms with E-state index < -0.39 is 0 Å². The molecule has 0 fully saturated rings. The number of amides is 2. The molecule has 1 heterocycles. The number of nitrogens with zero attached hydrogens (tertiary/aromatic N) is 1. The molecule has 22 heavy (non-hydrogen) atoms. The molecule has 0 spiro atoms.